The summed E-state index contributed by atoms with van der Waals surface area (Å²) in [5.74, 6) is -1.51. The van der Waals surface area contributed by atoms with Crippen LogP contribution in [0.25, 0.3) is 0 Å². The molecule has 0 aromatic carbocycles. The van der Waals surface area contributed by atoms with Crippen LogP contribution in [0.15, 0.2) is 18.5 Å². The van der Waals surface area contributed by atoms with E-state index < -0.39 is 11.7 Å². The predicted octanol–water partition coefficient (Wildman–Crippen LogP) is 0.819. The second-order valence-corrected chi connectivity index (χ2v) is 3.60. The van der Waals surface area contributed by atoms with Gasteiger partial charge in [0.2, 0.25) is 5.91 Å². The molecule has 0 saturated carbocycles. The Hall–Kier alpha value is -1.98. The molecule has 1 rings (SSSR count). The molecule has 18 heavy (non-hydrogen) atoms. The molecule has 0 unspecified atom stereocenters. The van der Waals surface area contributed by atoms with Crippen molar-refractivity contribution in [3.8, 4) is 0 Å². The number of nitrogens with one attached hydrogen (secondary N) is 1. The van der Waals surface area contributed by atoms with Crippen LogP contribution in [0.1, 0.15) is 24.2 Å². The summed E-state index contributed by atoms with van der Waals surface area (Å²) in [5, 5.41) is 2.39. The quantitative estimate of drug-likeness (QED) is 0.845. The van der Waals surface area contributed by atoms with Gasteiger partial charge >= 0.3 is 0 Å². The molecule has 98 valence electrons. The zero-order valence-electron chi connectivity index (χ0n) is 10.4. The molecule has 0 fully saturated rings. The van der Waals surface area contributed by atoms with Gasteiger partial charge < -0.3 is 10.2 Å². The number of rotatable bonds is 5. The van der Waals surface area contributed by atoms with Gasteiger partial charge in [0.05, 0.1) is 18.3 Å². The minimum atomic E-state index is -0.703. The fraction of sp³-hybridized carbons (Fsp3) is 0.417. The lowest BCUT2D eigenvalue weighted by Gasteiger charge is -2.18. The van der Waals surface area contributed by atoms with E-state index >= 15 is 0 Å². The van der Waals surface area contributed by atoms with Crippen molar-refractivity contribution in [1.82, 2.24) is 15.2 Å². The highest BCUT2D eigenvalue weighted by Gasteiger charge is 2.14. The van der Waals surface area contributed by atoms with Crippen LogP contribution < -0.4 is 5.32 Å². The third-order valence-electron chi connectivity index (χ3n) is 2.53. The van der Waals surface area contributed by atoms with Crippen LogP contribution in [0.5, 0.6) is 0 Å². The molecule has 0 radical (unpaired) electrons. The first kappa shape index (κ1) is 14.1. The average molecular weight is 253 g/mol. The van der Waals surface area contributed by atoms with Crippen LogP contribution in [0, 0.1) is 5.82 Å². The third-order valence-corrected chi connectivity index (χ3v) is 2.53. The van der Waals surface area contributed by atoms with Gasteiger partial charge in [-0.2, -0.15) is 0 Å². The second kappa shape index (κ2) is 6.68. The molecular formula is C12H16FN3O2. The largest absolute Gasteiger partial charge is 0.343 e. The number of aromatic nitrogens is 1. The number of likely N-dealkylation sites (N-methyl/N-ethyl adjacent to an activating group) is 1. The van der Waals surface area contributed by atoms with Crippen molar-refractivity contribution in [3.63, 3.8) is 0 Å². The fourth-order valence-corrected chi connectivity index (χ4v) is 1.50. The summed E-state index contributed by atoms with van der Waals surface area (Å²) in [6.07, 6.45) is 2.28. The van der Waals surface area contributed by atoms with Crippen molar-refractivity contribution in [1.29, 1.82) is 0 Å². The molecule has 0 bridgehead atoms. The third kappa shape index (κ3) is 3.51. The fourth-order valence-electron chi connectivity index (χ4n) is 1.50. The van der Waals surface area contributed by atoms with E-state index in [1.54, 1.807) is 4.90 Å². The van der Waals surface area contributed by atoms with Crippen molar-refractivity contribution in [2.75, 3.05) is 19.6 Å². The predicted molar refractivity (Wildman–Crippen MR) is 64.5 cm³/mol. The van der Waals surface area contributed by atoms with E-state index in [1.807, 2.05) is 13.8 Å². The van der Waals surface area contributed by atoms with Crippen molar-refractivity contribution >= 4 is 11.8 Å². The maximum Gasteiger partial charge on any atom is 0.254 e. The van der Waals surface area contributed by atoms with Gasteiger partial charge in [0, 0.05) is 19.3 Å². The Kier molecular flexibility index (Phi) is 5.23. The topological polar surface area (TPSA) is 62.3 Å². The van der Waals surface area contributed by atoms with Crippen LogP contribution >= 0.6 is 0 Å². The summed E-state index contributed by atoms with van der Waals surface area (Å²) in [7, 11) is 0. The molecule has 0 spiro atoms. The van der Waals surface area contributed by atoms with Gasteiger partial charge in [-0.05, 0) is 19.9 Å². The summed E-state index contributed by atoms with van der Waals surface area (Å²) in [6.45, 7) is 4.73. The van der Waals surface area contributed by atoms with Gasteiger partial charge in [0.15, 0.2) is 5.82 Å². The molecule has 1 heterocycles. The summed E-state index contributed by atoms with van der Waals surface area (Å²) in [5.41, 5.74) is -0.114. The van der Waals surface area contributed by atoms with Gasteiger partial charge in [-0.25, -0.2) is 4.39 Å². The molecule has 0 aliphatic carbocycles. The Morgan fingerprint density at radius 3 is 2.61 bits per heavy atom. The molecule has 1 aromatic rings. The number of halogens is 1. The number of hydrogen-bond acceptors (Lipinski definition) is 3. The van der Waals surface area contributed by atoms with E-state index in [0.717, 1.165) is 6.20 Å². The summed E-state index contributed by atoms with van der Waals surface area (Å²) >= 11 is 0. The monoisotopic (exact) mass is 253 g/mol. The smallest absolute Gasteiger partial charge is 0.254 e. The molecule has 2 amide bonds. The highest BCUT2D eigenvalue weighted by atomic mass is 19.1. The van der Waals surface area contributed by atoms with Crippen LogP contribution in [-0.4, -0.2) is 41.3 Å². The van der Waals surface area contributed by atoms with Crippen molar-refractivity contribution in [2.45, 2.75) is 13.8 Å². The van der Waals surface area contributed by atoms with E-state index in [-0.39, 0.29) is 18.0 Å². The first-order valence-electron chi connectivity index (χ1n) is 5.75. The first-order valence-corrected chi connectivity index (χ1v) is 5.75. The van der Waals surface area contributed by atoms with E-state index in [2.05, 4.69) is 10.3 Å². The van der Waals surface area contributed by atoms with Crippen molar-refractivity contribution < 1.29 is 14.0 Å². The Labute approximate surface area is 105 Å². The number of hydrogen-bond donors (Lipinski definition) is 1. The standard InChI is InChI=1S/C12H16FN3O2/c1-3-16(4-2)11(17)8-15-12(18)9-5-6-14-7-10(9)13/h5-7H,3-4,8H2,1-2H3,(H,15,18). The molecule has 0 aliphatic heterocycles. The van der Waals surface area contributed by atoms with Gasteiger partial charge in [0.1, 0.15) is 0 Å². The van der Waals surface area contributed by atoms with E-state index in [1.165, 1.54) is 12.3 Å². The second-order valence-electron chi connectivity index (χ2n) is 3.60. The summed E-state index contributed by atoms with van der Waals surface area (Å²) in [6, 6.07) is 1.27. The zero-order valence-corrected chi connectivity index (χ0v) is 10.4. The van der Waals surface area contributed by atoms with Gasteiger partial charge in [-0.3, -0.25) is 14.6 Å². The Morgan fingerprint density at radius 1 is 1.39 bits per heavy atom. The summed E-state index contributed by atoms with van der Waals surface area (Å²) in [4.78, 5) is 28.4. The maximum absolute atomic E-state index is 13.2. The number of pyridine rings is 1. The van der Waals surface area contributed by atoms with Crippen molar-refractivity contribution in [2.24, 2.45) is 0 Å². The lowest BCUT2D eigenvalue weighted by atomic mass is 10.2. The van der Waals surface area contributed by atoms with E-state index in [0.29, 0.717) is 13.1 Å². The lowest BCUT2D eigenvalue weighted by molar-refractivity contribution is -0.129. The van der Waals surface area contributed by atoms with E-state index in [4.69, 9.17) is 0 Å². The number of amides is 2. The van der Waals surface area contributed by atoms with Gasteiger partial charge in [-0.1, -0.05) is 0 Å². The van der Waals surface area contributed by atoms with Crippen LogP contribution in [-0.2, 0) is 4.79 Å². The molecular weight excluding hydrogens is 237 g/mol. The first-order chi connectivity index (χ1) is 8.60. The molecule has 1 N–H and O–H groups in total. The highest BCUT2D eigenvalue weighted by molar-refractivity contribution is 5.96. The minimum absolute atomic E-state index is 0.114. The SMILES string of the molecule is CCN(CC)C(=O)CNC(=O)c1ccncc1F. The molecule has 0 aliphatic rings. The molecule has 0 atom stereocenters. The summed E-state index contributed by atoms with van der Waals surface area (Å²) < 4.78 is 13.2. The maximum atomic E-state index is 13.2. The van der Waals surface area contributed by atoms with Gasteiger partial charge in [-0.15, -0.1) is 0 Å². The average Bonchev–Trinajstić information content (AvgIpc) is 2.38. The number of carbonyl (C=O) groups is 2. The van der Waals surface area contributed by atoms with Crippen molar-refractivity contribution in [3.05, 3.63) is 29.8 Å². The lowest BCUT2D eigenvalue weighted by Crippen LogP contribution is -2.40. The Bertz CT molecular complexity index is 433. The number of nitrogens with zero attached hydrogens (tertiary/aromatic N) is 2. The molecule has 1 aromatic heterocycles. The zero-order chi connectivity index (χ0) is 13.5. The van der Waals surface area contributed by atoms with Crippen LogP contribution in [0.2, 0.25) is 0 Å². The Balaban J connectivity index is 2.57. The molecule has 6 heteroatoms. The van der Waals surface area contributed by atoms with Gasteiger partial charge in [0.25, 0.3) is 5.91 Å². The molecule has 0 saturated heterocycles. The van der Waals surface area contributed by atoms with E-state index in [9.17, 15) is 14.0 Å². The van der Waals surface area contributed by atoms with Crippen LogP contribution in [0.4, 0.5) is 4.39 Å². The normalized spacial score (nSPS) is 9.94. The highest BCUT2D eigenvalue weighted by Crippen LogP contribution is 2.03. The van der Waals surface area contributed by atoms with Crippen LogP contribution in [0.3, 0.4) is 0 Å². The number of carbonyl (C=O) groups excluding carboxylic acids is 2. The molecule has 5 nitrogen and oxygen atoms in total. The minimum Gasteiger partial charge on any atom is -0.343 e. The Morgan fingerprint density at radius 2 is 2.06 bits per heavy atom.